The summed E-state index contributed by atoms with van der Waals surface area (Å²) < 4.78 is 32.6. The van der Waals surface area contributed by atoms with Gasteiger partial charge in [-0.05, 0) is 30.2 Å². The molecule has 0 radical (unpaired) electrons. The number of aromatic nitrogens is 1. The molecule has 1 aromatic carbocycles. The van der Waals surface area contributed by atoms with Crippen LogP contribution in [0.1, 0.15) is 5.56 Å². The van der Waals surface area contributed by atoms with Gasteiger partial charge in [0.1, 0.15) is 23.4 Å². The molecule has 1 N–H and O–H groups in total. The Balaban J connectivity index is 1.48. The van der Waals surface area contributed by atoms with Crippen LogP contribution in [0.15, 0.2) is 66.3 Å². The predicted octanol–water partition coefficient (Wildman–Crippen LogP) is 1.56. The van der Waals surface area contributed by atoms with Crippen LogP contribution in [0.3, 0.4) is 0 Å². The SMILES string of the molecule is C=CCc1ccccc1OCC(O)CN1CCN(S(=O)(=O)c2cccnc2)CC1. The molecule has 0 saturated carbocycles. The number of sulfonamides is 1. The first-order valence-corrected chi connectivity index (χ1v) is 11.1. The van der Waals surface area contributed by atoms with Gasteiger partial charge in [-0.25, -0.2) is 8.42 Å². The minimum Gasteiger partial charge on any atom is -0.491 e. The van der Waals surface area contributed by atoms with Crippen LogP contribution in [-0.4, -0.2) is 73.1 Å². The van der Waals surface area contributed by atoms with E-state index in [0.717, 1.165) is 11.3 Å². The minimum atomic E-state index is -3.52. The Hall–Kier alpha value is -2.26. The van der Waals surface area contributed by atoms with E-state index < -0.39 is 16.1 Å². The molecule has 1 saturated heterocycles. The molecular weight excluding hydrogens is 390 g/mol. The normalized spacial score (nSPS) is 17.0. The van der Waals surface area contributed by atoms with E-state index in [2.05, 4.69) is 16.5 Å². The second kappa shape index (κ2) is 9.98. The van der Waals surface area contributed by atoms with E-state index in [-0.39, 0.29) is 11.5 Å². The molecule has 0 spiro atoms. The van der Waals surface area contributed by atoms with Gasteiger partial charge in [0.2, 0.25) is 10.0 Å². The van der Waals surface area contributed by atoms with Gasteiger partial charge in [0.05, 0.1) is 0 Å². The minimum absolute atomic E-state index is 0.183. The molecule has 1 fully saturated rings. The largest absolute Gasteiger partial charge is 0.491 e. The number of hydrogen-bond donors (Lipinski definition) is 1. The van der Waals surface area contributed by atoms with E-state index in [9.17, 15) is 13.5 Å². The number of pyridine rings is 1. The standard InChI is InChI=1S/C21H27N3O4S/c1-2-6-18-7-3-4-9-21(18)28-17-19(25)16-23-11-13-24(14-12-23)29(26,27)20-8-5-10-22-15-20/h2-5,7-10,15,19,25H,1,6,11-14,16-17H2. The summed E-state index contributed by atoms with van der Waals surface area (Å²) >= 11 is 0. The topological polar surface area (TPSA) is 83.0 Å². The number of aliphatic hydroxyl groups is 1. The van der Waals surface area contributed by atoms with Crippen molar-refractivity contribution in [2.45, 2.75) is 17.4 Å². The number of ether oxygens (including phenoxy) is 1. The van der Waals surface area contributed by atoms with Gasteiger partial charge in [-0.3, -0.25) is 9.88 Å². The maximum Gasteiger partial charge on any atom is 0.244 e. The number of β-amino-alcohol motifs (C(OH)–C–C–N with tert-alkyl or cyclic N) is 1. The fraction of sp³-hybridized carbons (Fsp3) is 0.381. The van der Waals surface area contributed by atoms with Crippen LogP contribution in [0.25, 0.3) is 0 Å². The van der Waals surface area contributed by atoms with Crippen LogP contribution in [0.4, 0.5) is 0 Å². The highest BCUT2D eigenvalue weighted by Gasteiger charge is 2.29. The van der Waals surface area contributed by atoms with Crippen LogP contribution in [0.5, 0.6) is 5.75 Å². The van der Waals surface area contributed by atoms with Crippen LogP contribution in [0, 0.1) is 0 Å². The second-order valence-electron chi connectivity index (χ2n) is 6.96. The Morgan fingerprint density at radius 3 is 2.62 bits per heavy atom. The average Bonchev–Trinajstić information content (AvgIpc) is 2.74. The number of allylic oxidation sites excluding steroid dienone is 1. The van der Waals surface area contributed by atoms with Crippen LogP contribution in [0.2, 0.25) is 0 Å². The van der Waals surface area contributed by atoms with Crippen molar-refractivity contribution in [2.75, 3.05) is 39.3 Å². The molecule has 29 heavy (non-hydrogen) atoms. The van der Waals surface area contributed by atoms with Gasteiger partial charge in [-0.2, -0.15) is 4.31 Å². The van der Waals surface area contributed by atoms with Gasteiger partial charge in [0.15, 0.2) is 0 Å². The van der Waals surface area contributed by atoms with E-state index in [1.165, 1.54) is 10.5 Å². The molecule has 1 atom stereocenters. The van der Waals surface area contributed by atoms with Crippen molar-refractivity contribution in [2.24, 2.45) is 0 Å². The zero-order chi connectivity index (χ0) is 20.7. The Kier molecular flexibility index (Phi) is 7.38. The number of benzene rings is 1. The third-order valence-corrected chi connectivity index (χ3v) is 6.72. The highest BCUT2D eigenvalue weighted by Crippen LogP contribution is 2.19. The highest BCUT2D eigenvalue weighted by molar-refractivity contribution is 7.89. The Bertz CT molecular complexity index is 897. The molecule has 0 bridgehead atoms. The van der Waals surface area contributed by atoms with E-state index in [4.69, 9.17) is 4.74 Å². The first kappa shape index (κ1) is 21.4. The third kappa shape index (κ3) is 5.63. The molecular formula is C21H27N3O4S. The second-order valence-corrected chi connectivity index (χ2v) is 8.90. The van der Waals surface area contributed by atoms with Crippen LogP contribution >= 0.6 is 0 Å². The Morgan fingerprint density at radius 1 is 1.17 bits per heavy atom. The van der Waals surface area contributed by atoms with Crippen molar-refractivity contribution in [1.82, 2.24) is 14.2 Å². The summed E-state index contributed by atoms with van der Waals surface area (Å²) in [5.41, 5.74) is 1.03. The average molecular weight is 418 g/mol. The monoisotopic (exact) mass is 417 g/mol. The smallest absolute Gasteiger partial charge is 0.244 e. The fourth-order valence-corrected chi connectivity index (χ4v) is 4.69. The van der Waals surface area contributed by atoms with Crippen molar-refractivity contribution in [1.29, 1.82) is 0 Å². The molecule has 1 aliphatic rings. The van der Waals surface area contributed by atoms with Crippen LogP contribution in [-0.2, 0) is 16.4 Å². The zero-order valence-electron chi connectivity index (χ0n) is 16.4. The van der Waals surface area contributed by atoms with E-state index >= 15 is 0 Å². The Morgan fingerprint density at radius 2 is 1.93 bits per heavy atom. The first-order valence-electron chi connectivity index (χ1n) is 9.63. The number of para-hydroxylation sites is 1. The van der Waals surface area contributed by atoms with Crippen molar-refractivity contribution in [3.63, 3.8) is 0 Å². The maximum atomic E-state index is 12.7. The number of piperazine rings is 1. The number of nitrogens with zero attached hydrogens (tertiary/aromatic N) is 3. The molecule has 1 unspecified atom stereocenters. The van der Waals surface area contributed by atoms with Crippen molar-refractivity contribution >= 4 is 10.0 Å². The number of hydrogen-bond acceptors (Lipinski definition) is 6. The van der Waals surface area contributed by atoms with Gasteiger partial charge >= 0.3 is 0 Å². The van der Waals surface area contributed by atoms with E-state index in [1.807, 2.05) is 30.3 Å². The van der Waals surface area contributed by atoms with Crippen LogP contribution < -0.4 is 4.74 Å². The molecule has 7 nitrogen and oxygen atoms in total. The van der Waals surface area contributed by atoms with Crippen molar-refractivity contribution < 1.29 is 18.3 Å². The summed E-state index contributed by atoms with van der Waals surface area (Å²) in [5, 5.41) is 10.4. The van der Waals surface area contributed by atoms with Gasteiger partial charge in [-0.1, -0.05) is 24.3 Å². The van der Waals surface area contributed by atoms with E-state index in [0.29, 0.717) is 39.1 Å². The Labute approximate surface area is 172 Å². The third-order valence-electron chi connectivity index (χ3n) is 4.84. The highest BCUT2D eigenvalue weighted by atomic mass is 32.2. The van der Waals surface area contributed by atoms with Gasteiger partial charge < -0.3 is 9.84 Å². The quantitative estimate of drug-likeness (QED) is 0.624. The molecule has 1 aromatic heterocycles. The first-order chi connectivity index (χ1) is 14.0. The summed E-state index contributed by atoms with van der Waals surface area (Å²) in [6.45, 7) is 6.25. The van der Waals surface area contributed by atoms with E-state index in [1.54, 1.807) is 18.3 Å². The molecule has 8 heteroatoms. The molecule has 2 heterocycles. The lowest BCUT2D eigenvalue weighted by Crippen LogP contribution is -2.50. The lowest BCUT2D eigenvalue weighted by molar-refractivity contribution is 0.0566. The molecule has 1 aliphatic heterocycles. The maximum absolute atomic E-state index is 12.7. The van der Waals surface area contributed by atoms with Gasteiger partial charge in [0, 0.05) is 45.1 Å². The summed E-state index contributed by atoms with van der Waals surface area (Å²) in [5.74, 6) is 0.749. The van der Waals surface area contributed by atoms with Crippen molar-refractivity contribution in [3.8, 4) is 5.75 Å². The number of rotatable bonds is 9. The molecule has 0 aliphatic carbocycles. The summed E-state index contributed by atoms with van der Waals surface area (Å²) in [6.07, 6.45) is 4.79. The predicted molar refractivity (Wildman–Crippen MR) is 111 cm³/mol. The fourth-order valence-electron chi connectivity index (χ4n) is 3.31. The summed E-state index contributed by atoms with van der Waals surface area (Å²) in [7, 11) is -3.52. The number of aliphatic hydroxyl groups excluding tert-OH is 1. The molecule has 156 valence electrons. The molecule has 0 amide bonds. The lowest BCUT2D eigenvalue weighted by atomic mass is 10.1. The summed E-state index contributed by atoms with van der Waals surface area (Å²) in [6, 6.07) is 10.9. The van der Waals surface area contributed by atoms with Gasteiger partial charge in [-0.15, -0.1) is 6.58 Å². The zero-order valence-corrected chi connectivity index (χ0v) is 17.2. The lowest BCUT2D eigenvalue weighted by Gasteiger charge is -2.34. The molecule has 2 aromatic rings. The van der Waals surface area contributed by atoms with Gasteiger partial charge in [0.25, 0.3) is 0 Å². The van der Waals surface area contributed by atoms with Crippen molar-refractivity contribution in [3.05, 3.63) is 67.0 Å². The molecule has 3 rings (SSSR count). The summed E-state index contributed by atoms with van der Waals surface area (Å²) in [4.78, 5) is 6.16.